The van der Waals surface area contributed by atoms with E-state index in [-0.39, 0.29) is 0 Å². The average Bonchev–Trinajstić information content (AvgIpc) is 2.52. The maximum Gasteiger partial charge on any atom is 0.148 e. The Hall–Kier alpha value is -0.450. The van der Waals surface area contributed by atoms with Crippen LogP contribution >= 0.6 is 39.3 Å². The zero-order chi connectivity index (χ0) is 9.26. The average molecular weight is 276 g/mol. The van der Waals surface area contributed by atoms with E-state index < -0.39 is 0 Å². The van der Waals surface area contributed by atoms with Crippen molar-refractivity contribution in [3.8, 4) is 11.3 Å². The van der Waals surface area contributed by atoms with Crippen LogP contribution in [0.3, 0.4) is 0 Å². The standard InChI is InChI=1S/C8H4BrClN2S/c9-8-7(11-13-12-8)5-3-1-2-4-6(5)10/h1-4H. The second-order valence-corrected chi connectivity index (χ2v) is 4.07. The van der Waals surface area contributed by atoms with Crippen LogP contribution in [0.1, 0.15) is 0 Å². The molecule has 1 aromatic heterocycles. The maximum absolute atomic E-state index is 6.00. The molecule has 1 aromatic carbocycles. The lowest BCUT2D eigenvalue weighted by atomic mass is 10.2. The van der Waals surface area contributed by atoms with Crippen molar-refractivity contribution >= 4 is 39.3 Å². The molecule has 0 N–H and O–H groups in total. The van der Waals surface area contributed by atoms with Crippen molar-refractivity contribution in [2.75, 3.05) is 0 Å². The number of rotatable bonds is 1. The lowest BCUT2D eigenvalue weighted by Crippen LogP contribution is -1.79. The van der Waals surface area contributed by atoms with Crippen LogP contribution in [-0.4, -0.2) is 8.75 Å². The summed E-state index contributed by atoms with van der Waals surface area (Å²) < 4.78 is 8.91. The summed E-state index contributed by atoms with van der Waals surface area (Å²) in [6.07, 6.45) is 0. The van der Waals surface area contributed by atoms with Crippen LogP contribution < -0.4 is 0 Å². The first-order valence-corrected chi connectivity index (χ1v) is 5.42. The lowest BCUT2D eigenvalue weighted by Gasteiger charge is -1.98. The van der Waals surface area contributed by atoms with Crippen molar-refractivity contribution in [3.05, 3.63) is 33.9 Å². The molecule has 0 bridgehead atoms. The molecule has 1 heterocycles. The second-order valence-electron chi connectivity index (χ2n) is 2.38. The molecule has 13 heavy (non-hydrogen) atoms. The van der Waals surface area contributed by atoms with Crippen molar-refractivity contribution in [2.24, 2.45) is 0 Å². The van der Waals surface area contributed by atoms with Gasteiger partial charge in [-0.25, -0.2) is 0 Å². The van der Waals surface area contributed by atoms with Gasteiger partial charge in [0.25, 0.3) is 0 Å². The number of benzene rings is 1. The van der Waals surface area contributed by atoms with Gasteiger partial charge < -0.3 is 0 Å². The van der Waals surface area contributed by atoms with E-state index in [0.29, 0.717) is 5.02 Å². The Balaban J connectivity index is 2.59. The quantitative estimate of drug-likeness (QED) is 0.794. The fourth-order valence-electron chi connectivity index (χ4n) is 0.992. The monoisotopic (exact) mass is 274 g/mol. The zero-order valence-electron chi connectivity index (χ0n) is 6.37. The highest BCUT2D eigenvalue weighted by atomic mass is 79.9. The van der Waals surface area contributed by atoms with Gasteiger partial charge in [0.15, 0.2) is 0 Å². The van der Waals surface area contributed by atoms with Crippen molar-refractivity contribution < 1.29 is 0 Å². The summed E-state index contributed by atoms with van der Waals surface area (Å²) in [6.45, 7) is 0. The van der Waals surface area contributed by atoms with Gasteiger partial charge in [0.05, 0.1) is 16.8 Å². The van der Waals surface area contributed by atoms with Gasteiger partial charge in [-0.15, -0.1) is 0 Å². The summed E-state index contributed by atoms with van der Waals surface area (Å²) >= 11 is 10.5. The molecule has 0 saturated heterocycles. The first-order chi connectivity index (χ1) is 6.29. The molecule has 0 fully saturated rings. The fourth-order valence-corrected chi connectivity index (χ4v) is 2.30. The molecule has 66 valence electrons. The normalized spacial score (nSPS) is 10.3. The van der Waals surface area contributed by atoms with E-state index >= 15 is 0 Å². The molecule has 2 aromatic rings. The summed E-state index contributed by atoms with van der Waals surface area (Å²) in [6, 6.07) is 7.57. The second kappa shape index (κ2) is 3.74. The topological polar surface area (TPSA) is 25.8 Å². The SMILES string of the molecule is Clc1ccccc1-c1nsnc1Br. The Morgan fingerprint density at radius 3 is 2.62 bits per heavy atom. The molecule has 0 aliphatic rings. The molecule has 0 unspecified atom stereocenters. The first-order valence-electron chi connectivity index (χ1n) is 3.52. The van der Waals surface area contributed by atoms with Crippen LogP contribution in [0.25, 0.3) is 11.3 Å². The van der Waals surface area contributed by atoms with Crippen LogP contribution in [0.4, 0.5) is 0 Å². The summed E-state index contributed by atoms with van der Waals surface area (Å²) in [4.78, 5) is 0. The van der Waals surface area contributed by atoms with E-state index in [9.17, 15) is 0 Å². The Labute approximate surface area is 93.0 Å². The predicted molar refractivity (Wildman–Crippen MR) is 58.1 cm³/mol. The van der Waals surface area contributed by atoms with Crippen LogP contribution in [0.15, 0.2) is 28.9 Å². The highest BCUT2D eigenvalue weighted by Crippen LogP contribution is 2.31. The molecular weight excluding hydrogens is 272 g/mol. The van der Waals surface area contributed by atoms with Gasteiger partial charge in [-0.1, -0.05) is 29.8 Å². The summed E-state index contributed by atoms with van der Waals surface area (Å²) in [7, 11) is 0. The van der Waals surface area contributed by atoms with E-state index in [4.69, 9.17) is 11.6 Å². The molecule has 0 aliphatic carbocycles. The molecule has 0 saturated carbocycles. The highest BCUT2D eigenvalue weighted by molar-refractivity contribution is 9.10. The first kappa shape index (κ1) is 9.12. The van der Waals surface area contributed by atoms with E-state index in [1.54, 1.807) is 0 Å². The van der Waals surface area contributed by atoms with Crippen molar-refractivity contribution in [1.29, 1.82) is 0 Å². The Kier molecular flexibility index (Phi) is 2.62. The van der Waals surface area contributed by atoms with Crippen LogP contribution in [-0.2, 0) is 0 Å². The number of halogens is 2. The predicted octanol–water partition coefficient (Wildman–Crippen LogP) is 3.62. The third-order valence-corrected chi connectivity index (χ3v) is 3.22. The van der Waals surface area contributed by atoms with Crippen molar-refractivity contribution in [1.82, 2.24) is 8.75 Å². The molecule has 0 amide bonds. The molecule has 5 heteroatoms. The highest BCUT2D eigenvalue weighted by Gasteiger charge is 2.09. The fraction of sp³-hybridized carbons (Fsp3) is 0. The number of hydrogen-bond donors (Lipinski definition) is 0. The number of nitrogens with zero attached hydrogens (tertiary/aromatic N) is 2. The number of hydrogen-bond acceptors (Lipinski definition) is 3. The van der Waals surface area contributed by atoms with Gasteiger partial charge in [-0.2, -0.15) is 8.75 Å². The van der Waals surface area contributed by atoms with Crippen LogP contribution in [0.5, 0.6) is 0 Å². The Morgan fingerprint density at radius 1 is 1.23 bits per heavy atom. The molecule has 2 rings (SSSR count). The zero-order valence-corrected chi connectivity index (χ0v) is 9.53. The molecular formula is C8H4BrClN2S. The molecule has 0 radical (unpaired) electrons. The summed E-state index contributed by atoms with van der Waals surface area (Å²) in [5, 5.41) is 0.691. The summed E-state index contributed by atoms with van der Waals surface area (Å²) in [5.74, 6) is 0. The van der Waals surface area contributed by atoms with Crippen molar-refractivity contribution in [3.63, 3.8) is 0 Å². The third-order valence-electron chi connectivity index (χ3n) is 1.58. The van der Waals surface area contributed by atoms with Gasteiger partial charge >= 0.3 is 0 Å². The van der Waals surface area contributed by atoms with E-state index in [0.717, 1.165) is 27.6 Å². The Bertz CT molecular complexity index is 430. The van der Waals surface area contributed by atoms with E-state index in [1.165, 1.54) is 0 Å². The van der Waals surface area contributed by atoms with Crippen LogP contribution in [0, 0.1) is 0 Å². The van der Waals surface area contributed by atoms with Gasteiger partial charge in [0.2, 0.25) is 0 Å². The number of aromatic nitrogens is 2. The molecule has 0 spiro atoms. The van der Waals surface area contributed by atoms with E-state index in [1.807, 2.05) is 24.3 Å². The van der Waals surface area contributed by atoms with Gasteiger partial charge in [0, 0.05) is 5.56 Å². The van der Waals surface area contributed by atoms with Gasteiger partial charge in [-0.3, -0.25) is 0 Å². The molecule has 0 atom stereocenters. The third kappa shape index (κ3) is 1.75. The molecule has 2 nitrogen and oxygen atoms in total. The minimum absolute atomic E-state index is 0.691. The van der Waals surface area contributed by atoms with Crippen LogP contribution in [0.2, 0.25) is 5.02 Å². The minimum atomic E-state index is 0.691. The smallest absolute Gasteiger partial charge is 0.148 e. The Morgan fingerprint density at radius 2 is 2.00 bits per heavy atom. The van der Waals surface area contributed by atoms with Gasteiger partial charge in [-0.05, 0) is 22.0 Å². The lowest BCUT2D eigenvalue weighted by molar-refractivity contribution is 1.44. The minimum Gasteiger partial charge on any atom is -0.172 e. The maximum atomic E-state index is 6.00. The molecule has 0 aliphatic heterocycles. The van der Waals surface area contributed by atoms with Gasteiger partial charge in [0.1, 0.15) is 10.3 Å². The summed E-state index contributed by atoms with van der Waals surface area (Å²) in [5.41, 5.74) is 1.71. The largest absolute Gasteiger partial charge is 0.172 e. The van der Waals surface area contributed by atoms with Crippen molar-refractivity contribution in [2.45, 2.75) is 0 Å². The van der Waals surface area contributed by atoms with E-state index in [2.05, 4.69) is 24.7 Å².